The summed E-state index contributed by atoms with van der Waals surface area (Å²) in [7, 11) is 0. The summed E-state index contributed by atoms with van der Waals surface area (Å²) in [5.41, 5.74) is 1.63. The van der Waals surface area contributed by atoms with Crippen molar-refractivity contribution in [3.8, 4) is 0 Å². The van der Waals surface area contributed by atoms with Crippen LogP contribution < -0.4 is 5.32 Å². The Morgan fingerprint density at radius 1 is 1.25 bits per heavy atom. The zero-order valence-electron chi connectivity index (χ0n) is 10.6. The molecule has 0 fully saturated rings. The number of amides is 1. The first-order chi connectivity index (χ1) is 9.51. The van der Waals surface area contributed by atoms with Gasteiger partial charge in [0, 0.05) is 11.3 Å². The van der Waals surface area contributed by atoms with E-state index in [4.69, 9.17) is 34.8 Å². The summed E-state index contributed by atoms with van der Waals surface area (Å²) in [6.07, 6.45) is 0.693. The minimum Gasteiger partial charge on any atom is -0.321 e. The maximum Gasteiger partial charge on any atom is 0.255 e. The van der Waals surface area contributed by atoms with Crippen molar-refractivity contribution in [2.75, 3.05) is 5.32 Å². The quantitative estimate of drug-likeness (QED) is 0.817. The third-order valence-electron chi connectivity index (χ3n) is 2.67. The Morgan fingerprint density at radius 3 is 2.70 bits per heavy atom. The highest BCUT2D eigenvalue weighted by Crippen LogP contribution is 2.29. The van der Waals surface area contributed by atoms with E-state index in [0.717, 1.165) is 5.69 Å². The predicted octanol–water partition coefficient (Wildman–Crippen LogP) is 4.86. The Kier molecular flexibility index (Phi) is 4.86. The summed E-state index contributed by atoms with van der Waals surface area (Å²) in [5.74, 6) is -0.312. The molecule has 1 heterocycles. The molecule has 0 saturated carbocycles. The highest BCUT2D eigenvalue weighted by molar-refractivity contribution is 6.44. The van der Waals surface area contributed by atoms with Gasteiger partial charge in [0.05, 0.1) is 15.7 Å². The first-order valence-electron chi connectivity index (χ1n) is 5.93. The fraction of sp³-hybridized carbons (Fsp3) is 0.143. The van der Waals surface area contributed by atoms with E-state index in [2.05, 4.69) is 10.3 Å². The third kappa shape index (κ3) is 3.42. The number of rotatable bonds is 3. The Labute approximate surface area is 131 Å². The zero-order valence-corrected chi connectivity index (χ0v) is 12.9. The van der Waals surface area contributed by atoms with Crippen LogP contribution in [0, 0.1) is 0 Å². The van der Waals surface area contributed by atoms with Crippen molar-refractivity contribution in [3.05, 3.63) is 56.8 Å². The van der Waals surface area contributed by atoms with Crippen LogP contribution in [0.2, 0.25) is 15.2 Å². The van der Waals surface area contributed by atoms with Gasteiger partial charge in [0.15, 0.2) is 0 Å². The lowest BCUT2D eigenvalue weighted by Crippen LogP contribution is -2.13. The van der Waals surface area contributed by atoms with Gasteiger partial charge in [-0.1, -0.05) is 47.8 Å². The summed E-state index contributed by atoms with van der Waals surface area (Å²) in [6.45, 7) is 1.94. The van der Waals surface area contributed by atoms with E-state index in [-0.39, 0.29) is 11.1 Å². The Balaban J connectivity index is 2.28. The fourth-order valence-corrected chi connectivity index (χ4v) is 2.23. The van der Waals surface area contributed by atoms with Crippen molar-refractivity contribution in [3.63, 3.8) is 0 Å². The second-order valence-electron chi connectivity index (χ2n) is 4.08. The Morgan fingerprint density at radius 2 is 2.00 bits per heavy atom. The summed E-state index contributed by atoms with van der Waals surface area (Å²) >= 11 is 17.8. The molecule has 0 radical (unpaired) electrons. The van der Waals surface area contributed by atoms with Crippen molar-refractivity contribution < 1.29 is 4.79 Å². The lowest BCUT2D eigenvalue weighted by Gasteiger charge is -2.09. The van der Waals surface area contributed by atoms with Gasteiger partial charge in [0.2, 0.25) is 0 Å². The van der Waals surface area contributed by atoms with E-state index in [1.807, 2.05) is 6.92 Å². The number of carbonyl (C=O) groups excluding carboxylic acids is 1. The van der Waals surface area contributed by atoms with Crippen molar-refractivity contribution >= 4 is 46.4 Å². The molecular weight excluding hydrogens is 319 g/mol. The molecule has 0 aliphatic carbocycles. The number of hydrogen-bond acceptors (Lipinski definition) is 2. The van der Waals surface area contributed by atoms with Gasteiger partial charge in [-0.3, -0.25) is 4.79 Å². The number of hydrogen-bond donors (Lipinski definition) is 1. The van der Waals surface area contributed by atoms with Gasteiger partial charge in [-0.15, -0.1) is 0 Å². The maximum absolute atomic E-state index is 12.2. The molecule has 1 aromatic carbocycles. The third-order valence-corrected chi connectivity index (χ3v) is 3.68. The maximum atomic E-state index is 12.2. The second kappa shape index (κ2) is 6.44. The highest BCUT2D eigenvalue weighted by Gasteiger charge is 2.12. The van der Waals surface area contributed by atoms with E-state index in [9.17, 15) is 4.79 Å². The average Bonchev–Trinajstić information content (AvgIpc) is 2.43. The topological polar surface area (TPSA) is 42.0 Å². The molecule has 6 heteroatoms. The molecule has 104 valence electrons. The molecule has 1 N–H and O–H groups in total. The van der Waals surface area contributed by atoms with Gasteiger partial charge in [-0.2, -0.15) is 0 Å². The smallest absolute Gasteiger partial charge is 0.255 e. The summed E-state index contributed by atoms with van der Waals surface area (Å²) in [4.78, 5) is 16.3. The van der Waals surface area contributed by atoms with Crippen molar-refractivity contribution in [1.29, 1.82) is 0 Å². The normalized spacial score (nSPS) is 10.4. The fourth-order valence-electron chi connectivity index (χ4n) is 1.66. The van der Waals surface area contributed by atoms with Crippen LogP contribution in [-0.4, -0.2) is 10.9 Å². The molecular formula is C14H11Cl3N2O. The number of nitrogens with zero attached hydrogens (tertiary/aromatic N) is 1. The molecule has 2 rings (SSSR count). The van der Waals surface area contributed by atoms with Crippen LogP contribution in [0.1, 0.15) is 23.0 Å². The van der Waals surface area contributed by atoms with Crippen molar-refractivity contribution in [1.82, 2.24) is 4.98 Å². The van der Waals surface area contributed by atoms with Crippen LogP contribution >= 0.6 is 34.8 Å². The Bertz CT molecular complexity index is 659. The number of aromatic nitrogens is 1. The zero-order chi connectivity index (χ0) is 14.7. The van der Waals surface area contributed by atoms with Crippen LogP contribution in [-0.2, 0) is 6.42 Å². The molecule has 0 saturated heterocycles. The van der Waals surface area contributed by atoms with Crippen molar-refractivity contribution in [2.24, 2.45) is 0 Å². The number of nitrogens with one attached hydrogen (secondary N) is 1. The van der Waals surface area contributed by atoms with Gasteiger partial charge in [-0.05, 0) is 30.7 Å². The minimum absolute atomic E-state index is 0.284. The van der Waals surface area contributed by atoms with Gasteiger partial charge < -0.3 is 5.32 Å². The molecule has 20 heavy (non-hydrogen) atoms. The molecule has 1 aromatic heterocycles. The summed E-state index contributed by atoms with van der Waals surface area (Å²) < 4.78 is 0. The Hall–Kier alpha value is -1.29. The largest absolute Gasteiger partial charge is 0.321 e. The second-order valence-corrected chi connectivity index (χ2v) is 5.25. The monoisotopic (exact) mass is 328 g/mol. The number of aryl methyl sites for hydroxylation is 1. The standard InChI is InChI=1S/C14H11Cl3N2O/c1-2-9-6-8(7-12(16)18-9)14(20)19-11-5-3-4-10(15)13(11)17/h3-7H,2H2,1H3,(H,19,20). The SMILES string of the molecule is CCc1cc(C(=O)Nc2cccc(Cl)c2Cl)cc(Cl)n1. The van der Waals surface area contributed by atoms with E-state index in [1.54, 1.807) is 24.3 Å². The van der Waals surface area contributed by atoms with E-state index < -0.39 is 0 Å². The van der Waals surface area contributed by atoms with Gasteiger partial charge in [0.25, 0.3) is 5.91 Å². The van der Waals surface area contributed by atoms with Crippen LogP contribution in [0.3, 0.4) is 0 Å². The molecule has 0 bridgehead atoms. The summed E-state index contributed by atoms with van der Waals surface area (Å²) in [5, 5.41) is 3.67. The van der Waals surface area contributed by atoms with Gasteiger partial charge in [0.1, 0.15) is 5.15 Å². The lowest BCUT2D eigenvalue weighted by atomic mass is 10.2. The first kappa shape index (κ1) is 15.1. The molecule has 0 spiro atoms. The molecule has 1 amide bonds. The van der Waals surface area contributed by atoms with E-state index in [1.165, 1.54) is 6.07 Å². The molecule has 0 unspecified atom stereocenters. The predicted molar refractivity (Wildman–Crippen MR) is 83.0 cm³/mol. The van der Waals surface area contributed by atoms with Gasteiger partial charge >= 0.3 is 0 Å². The minimum atomic E-state index is -0.312. The van der Waals surface area contributed by atoms with Crippen LogP contribution in [0.4, 0.5) is 5.69 Å². The van der Waals surface area contributed by atoms with E-state index in [0.29, 0.717) is 27.7 Å². The highest BCUT2D eigenvalue weighted by atomic mass is 35.5. The van der Waals surface area contributed by atoms with Crippen molar-refractivity contribution in [2.45, 2.75) is 13.3 Å². The summed E-state index contributed by atoms with van der Waals surface area (Å²) in [6, 6.07) is 8.24. The molecule has 0 aliphatic rings. The number of halogens is 3. The van der Waals surface area contributed by atoms with Gasteiger partial charge in [-0.25, -0.2) is 4.98 Å². The van der Waals surface area contributed by atoms with E-state index >= 15 is 0 Å². The van der Waals surface area contributed by atoms with Crippen LogP contribution in [0.5, 0.6) is 0 Å². The number of anilines is 1. The first-order valence-corrected chi connectivity index (χ1v) is 7.06. The number of pyridine rings is 1. The van der Waals surface area contributed by atoms with Crippen LogP contribution in [0.15, 0.2) is 30.3 Å². The lowest BCUT2D eigenvalue weighted by molar-refractivity contribution is 0.102. The molecule has 3 nitrogen and oxygen atoms in total. The molecule has 0 atom stereocenters. The number of benzene rings is 1. The molecule has 2 aromatic rings. The average molecular weight is 330 g/mol. The number of carbonyl (C=O) groups is 1. The van der Waals surface area contributed by atoms with Crippen LogP contribution in [0.25, 0.3) is 0 Å². The molecule has 0 aliphatic heterocycles.